The number of hydrogen-bond donors (Lipinski definition) is 3. The fourth-order valence-electron chi connectivity index (χ4n) is 3.98. The molecule has 0 spiro atoms. The normalized spacial score (nSPS) is 27.5. The largest absolute Gasteiger partial charge is 0.396 e. The molecule has 1 aliphatic heterocycles. The summed E-state index contributed by atoms with van der Waals surface area (Å²) in [6, 6.07) is 10.6. The number of benzene rings is 1. The van der Waals surface area contributed by atoms with Crippen molar-refractivity contribution >= 4 is 11.7 Å². The lowest BCUT2D eigenvalue weighted by Crippen LogP contribution is -2.54. The molecule has 2 amide bonds. The van der Waals surface area contributed by atoms with E-state index in [0.29, 0.717) is 0 Å². The average Bonchev–Trinajstić information content (AvgIpc) is 2.63. The van der Waals surface area contributed by atoms with Gasteiger partial charge in [0.1, 0.15) is 0 Å². The monoisotopic (exact) mass is 331 g/mol. The molecule has 0 aromatic heterocycles. The van der Waals surface area contributed by atoms with Gasteiger partial charge in [-0.2, -0.15) is 0 Å². The van der Waals surface area contributed by atoms with Gasteiger partial charge in [-0.05, 0) is 37.8 Å². The minimum Gasteiger partial charge on any atom is -0.396 e. The first-order valence-corrected chi connectivity index (χ1v) is 9.24. The van der Waals surface area contributed by atoms with Crippen molar-refractivity contribution in [1.82, 2.24) is 10.6 Å². The van der Waals surface area contributed by atoms with Gasteiger partial charge >= 0.3 is 6.03 Å². The zero-order valence-corrected chi connectivity index (χ0v) is 14.3. The number of piperidine rings is 1. The fourth-order valence-corrected chi connectivity index (χ4v) is 3.98. The van der Waals surface area contributed by atoms with Crippen molar-refractivity contribution < 1.29 is 9.90 Å². The average molecular weight is 331 g/mol. The van der Waals surface area contributed by atoms with Crippen LogP contribution in [0.2, 0.25) is 0 Å². The van der Waals surface area contributed by atoms with Gasteiger partial charge < -0.3 is 20.6 Å². The molecule has 5 nitrogen and oxygen atoms in total. The van der Waals surface area contributed by atoms with E-state index < -0.39 is 0 Å². The third-order valence-corrected chi connectivity index (χ3v) is 5.34. The van der Waals surface area contributed by atoms with Crippen molar-refractivity contribution in [2.45, 2.75) is 50.6 Å². The Hall–Kier alpha value is -1.75. The number of hydrogen-bond acceptors (Lipinski definition) is 3. The lowest BCUT2D eigenvalue weighted by molar-refractivity contribution is 0.153. The summed E-state index contributed by atoms with van der Waals surface area (Å²) in [6.45, 7) is 2.06. The van der Waals surface area contributed by atoms with Gasteiger partial charge in [-0.25, -0.2) is 4.79 Å². The first-order chi connectivity index (χ1) is 11.8. The molecule has 24 heavy (non-hydrogen) atoms. The summed E-state index contributed by atoms with van der Waals surface area (Å²) < 4.78 is 0. The van der Waals surface area contributed by atoms with E-state index in [2.05, 4.69) is 39.8 Å². The van der Waals surface area contributed by atoms with Gasteiger partial charge in [-0.15, -0.1) is 0 Å². The molecule has 1 aromatic rings. The number of anilines is 1. The summed E-state index contributed by atoms with van der Waals surface area (Å²) in [5.41, 5.74) is 1.22. The molecule has 0 bridgehead atoms. The topological polar surface area (TPSA) is 64.6 Å². The first kappa shape index (κ1) is 17.1. The number of nitrogens with one attached hydrogen (secondary N) is 2. The van der Waals surface area contributed by atoms with Crippen LogP contribution in [0.4, 0.5) is 10.5 Å². The molecule has 3 rings (SSSR count). The molecular formula is C19H29N3O2. The van der Waals surface area contributed by atoms with Crippen molar-refractivity contribution in [3.63, 3.8) is 0 Å². The highest BCUT2D eigenvalue weighted by Gasteiger charge is 2.27. The van der Waals surface area contributed by atoms with Gasteiger partial charge in [0.2, 0.25) is 0 Å². The smallest absolute Gasteiger partial charge is 0.315 e. The molecule has 0 radical (unpaired) electrons. The van der Waals surface area contributed by atoms with E-state index in [1.807, 2.05) is 6.07 Å². The molecule has 3 N–H and O–H groups in total. The minimum atomic E-state index is -0.0831. The van der Waals surface area contributed by atoms with Crippen molar-refractivity contribution in [2.75, 3.05) is 24.6 Å². The number of amides is 2. The Bertz CT molecular complexity index is 523. The van der Waals surface area contributed by atoms with Gasteiger partial charge in [0.05, 0.1) is 0 Å². The maximum Gasteiger partial charge on any atom is 0.315 e. The lowest BCUT2D eigenvalue weighted by atomic mass is 9.85. The van der Waals surface area contributed by atoms with Crippen LogP contribution in [0.25, 0.3) is 0 Å². The van der Waals surface area contributed by atoms with E-state index >= 15 is 0 Å². The Morgan fingerprint density at radius 1 is 1.08 bits per heavy atom. The summed E-state index contributed by atoms with van der Waals surface area (Å²) in [4.78, 5) is 14.7. The zero-order chi connectivity index (χ0) is 16.8. The quantitative estimate of drug-likeness (QED) is 0.794. The highest BCUT2D eigenvalue weighted by molar-refractivity contribution is 5.74. The Balaban J connectivity index is 1.50. The van der Waals surface area contributed by atoms with E-state index in [-0.39, 0.29) is 30.6 Å². The number of rotatable bonds is 4. The van der Waals surface area contributed by atoms with Crippen LogP contribution in [0.1, 0.15) is 38.5 Å². The SMILES string of the molecule is O=C(NC1CCCN(c2ccccc2)C1)NC1CCCCC1CO. The van der Waals surface area contributed by atoms with Crippen molar-refractivity contribution in [3.05, 3.63) is 30.3 Å². The number of para-hydroxylation sites is 1. The van der Waals surface area contributed by atoms with Crippen LogP contribution in [-0.2, 0) is 0 Å². The molecule has 2 aliphatic rings. The highest BCUT2D eigenvalue weighted by atomic mass is 16.3. The zero-order valence-electron chi connectivity index (χ0n) is 14.3. The molecule has 1 heterocycles. The van der Waals surface area contributed by atoms with E-state index in [4.69, 9.17) is 0 Å². The molecular weight excluding hydrogens is 302 g/mol. The second kappa shape index (κ2) is 8.38. The molecule has 132 valence electrons. The van der Waals surface area contributed by atoms with Gasteiger partial charge in [0.15, 0.2) is 0 Å². The number of aliphatic hydroxyl groups excluding tert-OH is 1. The number of carbonyl (C=O) groups is 1. The maximum atomic E-state index is 12.4. The molecule has 2 fully saturated rings. The van der Waals surface area contributed by atoms with E-state index in [1.165, 1.54) is 5.69 Å². The van der Waals surface area contributed by atoms with Crippen LogP contribution in [0.3, 0.4) is 0 Å². The standard InChI is InChI=1S/C19H29N3O2/c23-14-15-7-4-5-11-18(15)21-19(24)20-16-8-6-12-22(13-16)17-9-2-1-3-10-17/h1-3,9-10,15-16,18,23H,4-8,11-14H2,(H2,20,21,24). The van der Waals surface area contributed by atoms with Crippen LogP contribution in [0.15, 0.2) is 30.3 Å². The molecule has 1 saturated heterocycles. The minimum absolute atomic E-state index is 0.0831. The maximum absolute atomic E-state index is 12.4. The number of aliphatic hydroxyl groups is 1. The van der Waals surface area contributed by atoms with Crippen LogP contribution in [-0.4, -0.2) is 42.9 Å². The summed E-state index contributed by atoms with van der Waals surface area (Å²) in [5.74, 6) is 0.205. The Kier molecular flexibility index (Phi) is 5.96. The first-order valence-electron chi connectivity index (χ1n) is 9.24. The number of carbonyl (C=O) groups excluding carboxylic acids is 1. The number of urea groups is 1. The predicted molar refractivity (Wildman–Crippen MR) is 96.2 cm³/mol. The Morgan fingerprint density at radius 2 is 1.88 bits per heavy atom. The second-order valence-corrected chi connectivity index (χ2v) is 7.07. The highest BCUT2D eigenvalue weighted by Crippen LogP contribution is 2.24. The van der Waals surface area contributed by atoms with Crippen LogP contribution in [0.5, 0.6) is 0 Å². The number of nitrogens with zero attached hydrogens (tertiary/aromatic N) is 1. The van der Waals surface area contributed by atoms with E-state index in [1.54, 1.807) is 0 Å². The summed E-state index contributed by atoms with van der Waals surface area (Å²) in [6.07, 6.45) is 6.37. The van der Waals surface area contributed by atoms with Crippen LogP contribution >= 0.6 is 0 Å². The summed E-state index contributed by atoms with van der Waals surface area (Å²) >= 11 is 0. The third-order valence-electron chi connectivity index (χ3n) is 5.34. The van der Waals surface area contributed by atoms with E-state index in [9.17, 15) is 9.90 Å². The van der Waals surface area contributed by atoms with Crippen molar-refractivity contribution in [1.29, 1.82) is 0 Å². The van der Waals surface area contributed by atoms with Gasteiger partial charge in [-0.3, -0.25) is 0 Å². The molecule has 5 heteroatoms. The van der Waals surface area contributed by atoms with E-state index in [0.717, 1.165) is 51.6 Å². The second-order valence-electron chi connectivity index (χ2n) is 7.07. The van der Waals surface area contributed by atoms with Crippen LogP contribution in [0, 0.1) is 5.92 Å². The lowest BCUT2D eigenvalue weighted by Gasteiger charge is -2.36. The third kappa shape index (κ3) is 4.41. The predicted octanol–water partition coefficient (Wildman–Crippen LogP) is 2.51. The molecule has 3 unspecified atom stereocenters. The van der Waals surface area contributed by atoms with Crippen molar-refractivity contribution in [3.8, 4) is 0 Å². The summed E-state index contributed by atoms with van der Waals surface area (Å²) in [5, 5.41) is 15.7. The Morgan fingerprint density at radius 3 is 2.67 bits per heavy atom. The summed E-state index contributed by atoms with van der Waals surface area (Å²) in [7, 11) is 0. The van der Waals surface area contributed by atoms with Gasteiger partial charge in [-0.1, -0.05) is 31.0 Å². The Labute approximate surface area is 144 Å². The molecule has 1 saturated carbocycles. The molecule has 3 atom stereocenters. The van der Waals surface area contributed by atoms with Gasteiger partial charge in [0, 0.05) is 43.4 Å². The fraction of sp³-hybridized carbons (Fsp3) is 0.632. The molecule has 1 aliphatic carbocycles. The van der Waals surface area contributed by atoms with Crippen LogP contribution < -0.4 is 15.5 Å². The van der Waals surface area contributed by atoms with Crippen molar-refractivity contribution in [2.24, 2.45) is 5.92 Å². The van der Waals surface area contributed by atoms with Gasteiger partial charge in [0.25, 0.3) is 0 Å². The molecule has 1 aromatic carbocycles.